The van der Waals surface area contributed by atoms with E-state index in [9.17, 15) is 9.59 Å². The van der Waals surface area contributed by atoms with Crippen LogP contribution in [0.2, 0.25) is 0 Å². The Labute approximate surface area is 150 Å². The van der Waals surface area contributed by atoms with Crippen molar-refractivity contribution in [3.8, 4) is 5.69 Å². The Morgan fingerprint density at radius 2 is 2.08 bits per heavy atom. The molecule has 0 radical (unpaired) electrons. The number of hydrogen-bond acceptors (Lipinski definition) is 4. The lowest BCUT2D eigenvalue weighted by atomic mass is 10.0. The summed E-state index contributed by atoms with van der Waals surface area (Å²) >= 11 is 0. The fraction of sp³-hybridized carbons (Fsp3) is 0.158. The summed E-state index contributed by atoms with van der Waals surface area (Å²) in [6.45, 7) is 1.99. The lowest BCUT2D eigenvalue weighted by Gasteiger charge is -2.17. The molecule has 26 heavy (non-hydrogen) atoms. The zero-order valence-corrected chi connectivity index (χ0v) is 14.2. The predicted octanol–water partition coefficient (Wildman–Crippen LogP) is 2.71. The minimum Gasteiger partial charge on any atom is -0.326 e. The molecular formula is C19H17N5O2. The van der Waals surface area contributed by atoms with Crippen LogP contribution in [0.5, 0.6) is 0 Å². The fourth-order valence-electron chi connectivity index (χ4n) is 2.92. The van der Waals surface area contributed by atoms with Crippen LogP contribution >= 0.6 is 0 Å². The van der Waals surface area contributed by atoms with Gasteiger partial charge in [0.15, 0.2) is 5.69 Å². The van der Waals surface area contributed by atoms with E-state index in [1.54, 1.807) is 23.0 Å². The molecule has 0 saturated carbocycles. The molecule has 2 aromatic carbocycles. The van der Waals surface area contributed by atoms with E-state index in [2.05, 4.69) is 20.9 Å². The maximum Gasteiger partial charge on any atom is 0.277 e. The summed E-state index contributed by atoms with van der Waals surface area (Å²) in [5.74, 6) is -0.314. The molecule has 7 heteroatoms. The third kappa shape index (κ3) is 3.19. The second-order valence-electron chi connectivity index (χ2n) is 6.26. The van der Waals surface area contributed by atoms with Gasteiger partial charge in [0.05, 0.1) is 11.9 Å². The van der Waals surface area contributed by atoms with Gasteiger partial charge >= 0.3 is 0 Å². The number of nitrogens with one attached hydrogen (secondary N) is 2. The Hall–Kier alpha value is -3.48. The molecule has 130 valence electrons. The van der Waals surface area contributed by atoms with E-state index in [-0.39, 0.29) is 17.5 Å². The summed E-state index contributed by atoms with van der Waals surface area (Å²) in [5.41, 5.74) is 4.65. The Morgan fingerprint density at radius 1 is 1.19 bits per heavy atom. The first-order valence-electron chi connectivity index (χ1n) is 8.32. The number of aryl methyl sites for hydroxylation is 2. The topological polar surface area (TPSA) is 88.9 Å². The zero-order valence-electron chi connectivity index (χ0n) is 14.2. The molecule has 0 unspecified atom stereocenters. The maximum absolute atomic E-state index is 12.4. The number of rotatable bonds is 3. The Morgan fingerprint density at radius 3 is 2.92 bits per heavy atom. The van der Waals surface area contributed by atoms with Crippen molar-refractivity contribution in [2.45, 2.75) is 19.8 Å². The predicted molar refractivity (Wildman–Crippen MR) is 97.4 cm³/mol. The first-order valence-corrected chi connectivity index (χ1v) is 8.32. The van der Waals surface area contributed by atoms with Gasteiger partial charge in [0.1, 0.15) is 0 Å². The van der Waals surface area contributed by atoms with Crippen LogP contribution in [0, 0.1) is 6.92 Å². The van der Waals surface area contributed by atoms with Crippen molar-refractivity contribution in [1.82, 2.24) is 15.0 Å². The zero-order chi connectivity index (χ0) is 18.1. The molecule has 0 atom stereocenters. The lowest BCUT2D eigenvalue weighted by Crippen LogP contribution is -2.19. The lowest BCUT2D eigenvalue weighted by molar-refractivity contribution is -0.116. The van der Waals surface area contributed by atoms with Crippen LogP contribution in [-0.4, -0.2) is 26.8 Å². The molecule has 7 nitrogen and oxygen atoms in total. The van der Waals surface area contributed by atoms with Gasteiger partial charge in [0.25, 0.3) is 5.91 Å². The van der Waals surface area contributed by atoms with Gasteiger partial charge in [-0.1, -0.05) is 17.3 Å². The van der Waals surface area contributed by atoms with Crippen molar-refractivity contribution in [2.24, 2.45) is 0 Å². The summed E-state index contributed by atoms with van der Waals surface area (Å²) < 4.78 is 1.57. The molecule has 0 bridgehead atoms. The summed E-state index contributed by atoms with van der Waals surface area (Å²) in [7, 11) is 0. The number of anilines is 2. The molecule has 0 saturated heterocycles. The molecule has 3 aromatic rings. The molecule has 0 aliphatic carbocycles. The Kier molecular flexibility index (Phi) is 3.96. The van der Waals surface area contributed by atoms with E-state index in [4.69, 9.17) is 0 Å². The highest BCUT2D eigenvalue weighted by Gasteiger charge is 2.16. The third-order valence-corrected chi connectivity index (χ3v) is 4.25. The maximum atomic E-state index is 12.4. The van der Waals surface area contributed by atoms with Crippen LogP contribution in [-0.2, 0) is 11.2 Å². The molecule has 1 aliphatic rings. The van der Waals surface area contributed by atoms with E-state index in [0.717, 1.165) is 22.5 Å². The van der Waals surface area contributed by atoms with Gasteiger partial charge in [-0.15, -0.1) is 5.10 Å². The first-order chi connectivity index (χ1) is 12.6. The summed E-state index contributed by atoms with van der Waals surface area (Å²) in [6, 6.07) is 13.2. The van der Waals surface area contributed by atoms with Crippen LogP contribution < -0.4 is 10.6 Å². The van der Waals surface area contributed by atoms with Gasteiger partial charge in [-0.05, 0) is 54.8 Å². The SMILES string of the molecule is Cc1cccc(-n2cc(C(=O)Nc3ccc4c(c3)CCC(=O)N4)nn2)c1. The highest BCUT2D eigenvalue weighted by Crippen LogP contribution is 2.25. The van der Waals surface area contributed by atoms with Gasteiger partial charge in [-0.25, -0.2) is 4.68 Å². The van der Waals surface area contributed by atoms with Crippen LogP contribution in [0.15, 0.2) is 48.7 Å². The van der Waals surface area contributed by atoms with Crippen molar-refractivity contribution in [3.63, 3.8) is 0 Å². The number of fused-ring (bicyclic) bond motifs is 1. The monoisotopic (exact) mass is 347 g/mol. The normalized spacial score (nSPS) is 13.0. The van der Waals surface area contributed by atoms with Crippen molar-refractivity contribution < 1.29 is 9.59 Å². The molecule has 2 amide bonds. The van der Waals surface area contributed by atoms with Gasteiger partial charge < -0.3 is 10.6 Å². The second kappa shape index (κ2) is 6.44. The number of aromatic nitrogens is 3. The van der Waals surface area contributed by atoms with Crippen molar-refractivity contribution in [1.29, 1.82) is 0 Å². The fourth-order valence-corrected chi connectivity index (χ4v) is 2.92. The number of amides is 2. The largest absolute Gasteiger partial charge is 0.326 e. The Bertz CT molecular complexity index is 1010. The van der Waals surface area contributed by atoms with E-state index >= 15 is 0 Å². The van der Waals surface area contributed by atoms with E-state index in [0.29, 0.717) is 18.5 Å². The average Bonchev–Trinajstić information content (AvgIpc) is 3.12. The Balaban J connectivity index is 1.51. The van der Waals surface area contributed by atoms with Gasteiger partial charge in [-0.2, -0.15) is 0 Å². The van der Waals surface area contributed by atoms with Crippen LogP contribution in [0.25, 0.3) is 5.69 Å². The van der Waals surface area contributed by atoms with Gasteiger partial charge in [-0.3, -0.25) is 9.59 Å². The minimum absolute atomic E-state index is 0.0158. The van der Waals surface area contributed by atoms with Crippen LogP contribution in [0.3, 0.4) is 0 Å². The molecule has 0 spiro atoms. The number of nitrogens with zero attached hydrogens (tertiary/aromatic N) is 3. The second-order valence-corrected chi connectivity index (χ2v) is 6.26. The third-order valence-electron chi connectivity index (χ3n) is 4.25. The highest BCUT2D eigenvalue weighted by atomic mass is 16.2. The van der Waals surface area contributed by atoms with Crippen molar-refractivity contribution in [2.75, 3.05) is 10.6 Å². The van der Waals surface area contributed by atoms with Crippen molar-refractivity contribution >= 4 is 23.2 Å². The highest BCUT2D eigenvalue weighted by molar-refractivity contribution is 6.03. The molecule has 0 fully saturated rings. The smallest absolute Gasteiger partial charge is 0.277 e. The quantitative estimate of drug-likeness (QED) is 0.762. The minimum atomic E-state index is -0.330. The molecule has 2 heterocycles. The van der Waals surface area contributed by atoms with E-state index in [1.165, 1.54) is 0 Å². The molecule has 1 aromatic heterocycles. The number of carbonyl (C=O) groups is 2. The molecule has 4 rings (SSSR count). The summed E-state index contributed by atoms with van der Waals surface area (Å²) in [4.78, 5) is 23.9. The number of benzene rings is 2. The average molecular weight is 347 g/mol. The molecule has 1 aliphatic heterocycles. The van der Waals surface area contributed by atoms with Gasteiger partial charge in [0, 0.05) is 17.8 Å². The first kappa shape index (κ1) is 16.0. The van der Waals surface area contributed by atoms with Crippen molar-refractivity contribution in [3.05, 3.63) is 65.5 Å². The standard InChI is InChI=1S/C19H17N5O2/c1-12-3-2-4-15(9-12)24-11-17(22-23-24)19(26)20-14-6-7-16-13(10-14)5-8-18(25)21-16/h2-4,6-7,9-11H,5,8H2,1H3,(H,20,26)(H,21,25). The number of carbonyl (C=O) groups excluding carboxylic acids is 2. The van der Waals surface area contributed by atoms with Crippen LogP contribution in [0.4, 0.5) is 11.4 Å². The van der Waals surface area contributed by atoms with E-state index in [1.807, 2.05) is 37.3 Å². The number of hydrogen-bond donors (Lipinski definition) is 2. The van der Waals surface area contributed by atoms with Gasteiger partial charge in [0.2, 0.25) is 5.91 Å². The summed E-state index contributed by atoms with van der Waals surface area (Å²) in [5, 5.41) is 13.6. The van der Waals surface area contributed by atoms with Crippen LogP contribution in [0.1, 0.15) is 28.0 Å². The summed E-state index contributed by atoms with van der Waals surface area (Å²) in [6.07, 6.45) is 2.71. The molecular weight excluding hydrogens is 330 g/mol. The molecule has 2 N–H and O–H groups in total. The van der Waals surface area contributed by atoms with E-state index < -0.39 is 0 Å².